The lowest BCUT2D eigenvalue weighted by molar-refractivity contribution is 0.237. The number of allylic oxidation sites excluding steroid dienone is 1. The molecule has 1 aliphatic rings. The number of nitrogens with zero attached hydrogens (tertiary/aromatic N) is 1. The number of hydrogen-bond donors (Lipinski definition) is 0. The molecule has 25 heavy (non-hydrogen) atoms. The minimum Gasteiger partial charge on any atom is -0.494 e. The van der Waals surface area contributed by atoms with E-state index in [2.05, 4.69) is 92.4 Å². The quantitative estimate of drug-likeness (QED) is 0.671. The minimum atomic E-state index is 0.259. The van der Waals surface area contributed by atoms with Crippen LogP contribution in [0.25, 0.3) is 0 Å². The van der Waals surface area contributed by atoms with Crippen molar-refractivity contribution in [2.75, 3.05) is 11.5 Å². The van der Waals surface area contributed by atoms with Crippen LogP contribution in [0, 0.1) is 19.8 Å². The zero-order valence-corrected chi connectivity index (χ0v) is 15.6. The molecule has 0 saturated carbocycles. The highest BCUT2D eigenvalue weighted by Gasteiger charge is 2.26. The Bertz CT molecular complexity index is 710. The Balaban J connectivity index is 1.98. The molecule has 0 spiro atoms. The summed E-state index contributed by atoms with van der Waals surface area (Å²) in [6, 6.07) is 17.8. The summed E-state index contributed by atoms with van der Waals surface area (Å²) in [7, 11) is 0. The number of rotatable bonds is 5. The second-order valence-electron chi connectivity index (χ2n) is 6.75. The third-order valence-corrected chi connectivity index (χ3v) is 4.66. The molecule has 0 N–H and O–H groups in total. The van der Waals surface area contributed by atoms with E-state index in [4.69, 9.17) is 4.74 Å². The van der Waals surface area contributed by atoms with Gasteiger partial charge in [-0.05, 0) is 57.2 Å². The van der Waals surface area contributed by atoms with Gasteiger partial charge in [-0.25, -0.2) is 0 Å². The molecule has 0 heterocycles. The number of anilines is 2. The van der Waals surface area contributed by atoms with Crippen molar-refractivity contribution >= 4 is 11.4 Å². The zero-order chi connectivity index (χ0) is 17.8. The Morgan fingerprint density at radius 2 is 1.40 bits per heavy atom. The van der Waals surface area contributed by atoms with E-state index in [1.165, 1.54) is 22.5 Å². The molecule has 0 radical (unpaired) electrons. The van der Waals surface area contributed by atoms with Gasteiger partial charge < -0.3 is 9.64 Å². The highest BCUT2D eigenvalue weighted by Crippen LogP contribution is 2.34. The van der Waals surface area contributed by atoms with E-state index in [9.17, 15) is 0 Å². The average Bonchev–Trinajstić information content (AvgIpc) is 2.60. The molecule has 1 unspecified atom stereocenters. The molecule has 2 aromatic carbocycles. The Morgan fingerprint density at radius 1 is 0.880 bits per heavy atom. The lowest BCUT2D eigenvalue weighted by Gasteiger charge is -2.36. The second kappa shape index (κ2) is 7.60. The molecule has 1 aliphatic carbocycles. The maximum Gasteiger partial charge on any atom is 0.115 e. The first-order valence-electron chi connectivity index (χ1n) is 9.04. The van der Waals surface area contributed by atoms with Gasteiger partial charge in [0, 0.05) is 17.3 Å². The van der Waals surface area contributed by atoms with Crippen LogP contribution in [0.4, 0.5) is 11.4 Å². The summed E-state index contributed by atoms with van der Waals surface area (Å²) in [5.41, 5.74) is 4.98. The largest absolute Gasteiger partial charge is 0.494 e. The zero-order valence-electron chi connectivity index (χ0n) is 15.6. The molecular weight excluding hydrogens is 306 g/mol. The van der Waals surface area contributed by atoms with Crippen molar-refractivity contribution < 1.29 is 4.74 Å². The summed E-state index contributed by atoms with van der Waals surface area (Å²) in [5, 5.41) is 0. The molecule has 0 aromatic heterocycles. The smallest absolute Gasteiger partial charge is 0.115 e. The van der Waals surface area contributed by atoms with Crippen LogP contribution in [0.2, 0.25) is 0 Å². The Morgan fingerprint density at radius 3 is 1.84 bits per heavy atom. The van der Waals surface area contributed by atoms with Gasteiger partial charge in [0.15, 0.2) is 0 Å². The molecule has 0 fully saturated rings. The van der Waals surface area contributed by atoms with Gasteiger partial charge in [0.1, 0.15) is 5.76 Å². The molecule has 2 nitrogen and oxygen atoms in total. The van der Waals surface area contributed by atoms with Gasteiger partial charge in [-0.1, -0.05) is 48.4 Å². The third-order valence-electron chi connectivity index (χ3n) is 4.66. The van der Waals surface area contributed by atoms with Crippen LogP contribution in [0.15, 0.2) is 72.5 Å². The molecule has 2 atom stereocenters. The lowest BCUT2D eigenvalue weighted by atomic mass is 9.93. The van der Waals surface area contributed by atoms with Crippen molar-refractivity contribution in [2.24, 2.45) is 5.92 Å². The van der Waals surface area contributed by atoms with Crippen LogP contribution in [0.1, 0.15) is 25.0 Å². The van der Waals surface area contributed by atoms with Crippen molar-refractivity contribution in [1.29, 1.82) is 0 Å². The van der Waals surface area contributed by atoms with Crippen LogP contribution < -0.4 is 4.90 Å². The van der Waals surface area contributed by atoms with E-state index in [1.54, 1.807) is 0 Å². The molecule has 3 rings (SSSR count). The van der Waals surface area contributed by atoms with E-state index < -0.39 is 0 Å². The van der Waals surface area contributed by atoms with Crippen molar-refractivity contribution in [3.63, 3.8) is 0 Å². The number of ether oxygens (including phenoxy) is 1. The molecule has 130 valence electrons. The number of benzene rings is 2. The van der Waals surface area contributed by atoms with Gasteiger partial charge in [-0.15, -0.1) is 0 Å². The van der Waals surface area contributed by atoms with Crippen LogP contribution in [-0.4, -0.2) is 12.6 Å². The molecule has 0 saturated heterocycles. The molecule has 0 amide bonds. The SMILES string of the molecule is CCOC1=C[C@H](C)C(N(c2ccc(C)cc2)c2ccc(C)cc2)C=C1. The van der Waals surface area contributed by atoms with Crippen molar-refractivity contribution in [1.82, 2.24) is 0 Å². The number of hydrogen-bond acceptors (Lipinski definition) is 2. The summed E-state index contributed by atoms with van der Waals surface area (Å²) < 4.78 is 5.68. The van der Waals surface area contributed by atoms with E-state index >= 15 is 0 Å². The van der Waals surface area contributed by atoms with Gasteiger partial charge in [0.05, 0.1) is 12.6 Å². The lowest BCUT2D eigenvalue weighted by Crippen LogP contribution is -2.35. The monoisotopic (exact) mass is 333 g/mol. The van der Waals surface area contributed by atoms with E-state index in [1.807, 2.05) is 6.92 Å². The first kappa shape index (κ1) is 17.3. The van der Waals surface area contributed by atoms with Crippen molar-refractivity contribution in [2.45, 2.75) is 33.7 Å². The van der Waals surface area contributed by atoms with Crippen LogP contribution in [0.5, 0.6) is 0 Å². The summed E-state index contributed by atoms with van der Waals surface area (Å²) in [6.07, 6.45) is 6.59. The fourth-order valence-corrected chi connectivity index (χ4v) is 3.27. The highest BCUT2D eigenvalue weighted by molar-refractivity contribution is 5.66. The topological polar surface area (TPSA) is 12.5 Å². The average molecular weight is 333 g/mol. The fraction of sp³-hybridized carbons (Fsp3) is 0.304. The van der Waals surface area contributed by atoms with E-state index in [-0.39, 0.29) is 6.04 Å². The maximum atomic E-state index is 5.68. The first-order chi connectivity index (χ1) is 12.1. The van der Waals surface area contributed by atoms with Crippen molar-refractivity contribution in [3.8, 4) is 0 Å². The maximum absolute atomic E-state index is 5.68. The molecule has 2 aromatic rings. The third kappa shape index (κ3) is 3.96. The van der Waals surface area contributed by atoms with Gasteiger partial charge >= 0.3 is 0 Å². The Hall–Kier alpha value is -2.48. The van der Waals surface area contributed by atoms with Gasteiger partial charge in [0.25, 0.3) is 0 Å². The Labute approximate surface area is 151 Å². The van der Waals surface area contributed by atoms with Gasteiger partial charge in [-0.3, -0.25) is 0 Å². The van der Waals surface area contributed by atoms with Crippen LogP contribution in [-0.2, 0) is 4.74 Å². The summed E-state index contributed by atoms with van der Waals surface area (Å²) >= 11 is 0. The highest BCUT2D eigenvalue weighted by atomic mass is 16.5. The predicted molar refractivity (Wildman–Crippen MR) is 106 cm³/mol. The summed E-state index contributed by atoms with van der Waals surface area (Å²) in [5.74, 6) is 1.33. The minimum absolute atomic E-state index is 0.259. The summed E-state index contributed by atoms with van der Waals surface area (Å²) in [4.78, 5) is 2.42. The van der Waals surface area contributed by atoms with Crippen molar-refractivity contribution in [3.05, 3.63) is 83.6 Å². The van der Waals surface area contributed by atoms with E-state index in [0.29, 0.717) is 12.5 Å². The van der Waals surface area contributed by atoms with Gasteiger partial charge in [0.2, 0.25) is 0 Å². The number of aryl methyl sites for hydroxylation is 2. The first-order valence-corrected chi connectivity index (χ1v) is 9.04. The standard InChI is InChI=1S/C23H27NO/c1-5-25-22-14-15-23(19(4)16-22)24(20-10-6-17(2)7-11-20)21-12-8-18(3)9-13-21/h6-16,19,23H,5H2,1-4H3/t19-,23?/m0/s1. The molecule has 0 bridgehead atoms. The molecule has 0 aliphatic heterocycles. The van der Waals surface area contributed by atoms with E-state index in [0.717, 1.165) is 5.76 Å². The van der Waals surface area contributed by atoms with Gasteiger partial charge in [-0.2, -0.15) is 0 Å². The molecule has 2 heteroatoms. The summed E-state index contributed by atoms with van der Waals surface area (Å²) in [6.45, 7) is 9.23. The normalized spacial score (nSPS) is 19.4. The van der Waals surface area contributed by atoms with Crippen LogP contribution in [0.3, 0.4) is 0 Å². The predicted octanol–water partition coefficient (Wildman–Crippen LogP) is 5.94. The van der Waals surface area contributed by atoms with Crippen LogP contribution >= 0.6 is 0 Å². The second-order valence-corrected chi connectivity index (χ2v) is 6.75. The fourth-order valence-electron chi connectivity index (χ4n) is 3.27. The Kier molecular flexibility index (Phi) is 5.28. The molecular formula is C23H27NO.